The van der Waals surface area contributed by atoms with Gasteiger partial charge in [0.1, 0.15) is 6.54 Å². The number of rotatable bonds is 5. The first-order chi connectivity index (χ1) is 10.5. The summed E-state index contributed by atoms with van der Waals surface area (Å²) < 4.78 is 11.0. The number of aromatic nitrogens is 1. The third-order valence-electron chi connectivity index (χ3n) is 3.50. The molecule has 1 aromatic heterocycles. The number of amides is 1. The number of hydrogen-bond donors (Lipinski definition) is 0. The van der Waals surface area contributed by atoms with Crippen molar-refractivity contribution in [3.8, 4) is 0 Å². The van der Waals surface area contributed by atoms with Gasteiger partial charge in [-0.1, -0.05) is 0 Å². The molecule has 0 atom stereocenters. The number of esters is 1. The van der Waals surface area contributed by atoms with Crippen molar-refractivity contribution in [2.24, 2.45) is 0 Å². The molecule has 22 heavy (non-hydrogen) atoms. The average Bonchev–Trinajstić information content (AvgIpc) is 2.82. The minimum Gasteiger partial charge on any atom is -0.465 e. The van der Waals surface area contributed by atoms with Crippen LogP contribution >= 0.6 is 0 Å². The van der Waals surface area contributed by atoms with Gasteiger partial charge in [0.2, 0.25) is 5.91 Å². The zero-order valence-electron chi connectivity index (χ0n) is 12.8. The zero-order chi connectivity index (χ0) is 16.3. The van der Waals surface area contributed by atoms with Crippen LogP contribution in [0.25, 0.3) is 11.1 Å². The number of carbonyl (C=O) groups excluding carboxylic acids is 2. The summed E-state index contributed by atoms with van der Waals surface area (Å²) >= 11 is 0. The standard InChI is InChI=1S/C15H18N2O5/c1-4-16(5-2)13(18)9-17-11-7-6-10(14(19)21-3)8-12(11)22-15(17)20/h6-8H,4-5,9H2,1-3H3. The van der Waals surface area contributed by atoms with Crippen molar-refractivity contribution >= 4 is 23.0 Å². The topological polar surface area (TPSA) is 81.8 Å². The van der Waals surface area contributed by atoms with E-state index in [4.69, 9.17) is 4.42 Å². The van der Waals surface area contributed by atoms with Crippen LogP contribution in [0.15, 0.2) is 27.4 Å². The Morgan fingerprint density at radius 2 is 1.95 bits per heavy atom. The van der Waals surface area contributed by atoms with Gasteiger partial charge in [-0.05, 0) is 32.0 Å². The van der Waals surface area contributed by atoms with Crippen LogP contribution < -0.4 is 5.76 Å². The van der Waals surface area contributed by atoms with Crippen LogP contribution in [0.5, 0.6) is 0 Å². The normalized spacial score (nSPS) is 10.7. The molecule has 0 fully saturated rings. The van der Waals surface area contributed by atoms with E-state index in [0.717, 1.165) is 0 Å². The van der Waals surface area contributed by atoms with E-state index >= 15 is 0 Å². The maximum absolute atomic E-state index is 12.1. The van der Waals surface area contributed by atoms with Gasteiger partial charge in [-0.25, -0.2) is 9.59 Å². The molecule has 0 saturated carbocycles. The third-order valence-corrected chi connectivity index (χ3v) is 3.50. The number of ether oxygens (including phenoxy) is 1. The van der Waals surface area contributed by atoms with Crippen molar-refractivity contribution in [1.29, 1.82) is 0 Å². The maximum atomic E-state index is 12.1. The van der Waals surface area contributed by atoms with E-state index in [0.29, 0.717) is 18.6 Å². The molecule has 1 amide bonds. The van der Waals surface area contributed by atoms with Gasteiger partial charge in [0.05, 0.1) is 18.2 Å². The highest BCUT2D eigenvalue weighted by Gasteiger charge is 2.17. The average molecular weight is 306 g/mol. The highest BCUT2D eigenvalue weighted by molar-refractivity contribution is 5.93. The summed E-state index contributed by atoms with van der Waals surface area (Å²) in [5.41, 5.74) is 1.00. The predicted octanol–water partition coefficient (Wildman–Crippen LogP) is 1.25. The van der Waals surface area contributed by atoms with Gasteiger partial charge in [-0.2, -0.15) is 0 Å². The predicted molar refractivity (Wildman–Crippen MR) is 79.7 cm³/mol. The summed E-state index contributed by atoms with van der Waals surface area (Å²) in [6.45, 7) is 4.81. The van der Waals surface area contributed by atoms with Crippen molar-refractivity contribution in [2.45, 2.75) is 20.4 Å². The Bertz CT molecular complexity index is 755. The van der Waals surface area contributed by atoms with E-state index in [1.54, 1.807) is 11.0 Å². The molecule has 7 heteroatoms. The van der Waals surface area contributed by atoms with Crippen molar-refractivity contribution in [3.63, 3.8) is 0 Å². The molecular formula is C15H18N2O5. The second-order valence-electron chi connectivity index (χ2n) is 4.69. The molecule has 1 aromatic carbocycles. The minimum atomic E-state index is -0.627. The summed E-state index contributed by atoms with van der Waals surface area (Å²) in [6.07, 6.45) is 0. The molecule has 0 aliphatic rings. The first-order valence-corrected chi connectivity index (χ1v) is 7.01. The molecule has 7 nitrogen and oxygen atoms in total. The largest absolute Gasteiger partial charge is 0.465 e. The third kappa shape index (κ3) is 2.88. The van der Waals surface area contributed by atoms with Crippen LogP contribution in [0.2, 0.25) is 0 Å². The lowest BCUT2D eigenvalue weighted by Gasteiger charge is -2.18. The molecular weight excluding hydrogens is 288 g/mol. The minimum absolute atomic E-state index is 0.0922. The smallest absolute Gasteiger partial charge is 0.420 e. The molecule has 1 heterocycles. The molecule has 2 rings (SSSR count). The van der Waals surface area contributed by atoms with Gasteiger partial charge >= 0.3 is 11.7 Å². The summed E-state index contributed by atoms with van der Waals surface area (Å²) in [4.78, 5) is 37.2. The van der Waals surface area contributed by atoms with Crippen LogP contribution in [0.1, 0.15) is 24.2 Å². The number of likely N-dealkylation sites (N-methyl/N-ethyl adjacent to an activating group) is 1. The Labute approximate surface area is 127 Å². The van der Waals surface area contributed by atoms with Gasteiger partial charge < -0.3 is 14.1 Å². The molecule has 0 bridgehead atoms. The van der Waals surface area contributed by atoms with Crippen LogP contribution in [-0.2, 0) is 16.1 Å². The first-order valence-electron chi connectivity index (χ1n) is 7.01. The second-order valence-corrected chi connectivity index (χ2v) is 4.69. The van der Waals surface area contributed by atoms with E-state index in [9.17, 15) is 14.4 Å². The summed E-state index contributed by atoms with van der Waals surface area (Å²) in [6, 6.07) is 4.53. The van der Waals surface area contributed by atoms with Crippen LogP contribution in [0, 0.1) is 0 Å². The highest BCUT2D eigenvalue weighted by Crippen LogP contribution is 2.16. The molecule has 0 spiro atoms. The number of nitrogens with zero attached hydrogens (tertiary/aromatic N) is 2. The van der Waals surface area contributed by atoms with Gasteiger partial charge in [-0.3, -0.25) is 9.36 Å². The number of hydrogen-bond acceptors (Lipinski definition) is 5. The van der Waals surface area contributed by atoms with Gasteiger partial charge in [-0.15, -0.1) is 0 Å². The lowest BCUT2D eigenvalue weighted by atomic mass is 10.2. The summed E-state index contributed by atoms with van der Waals surface area (Å²) in [5.74, 6) is -1.30. The fraction of sp³-hybridized carbons (Fsp3) is 0.400. The number of carbonyl (C=O) groups is 2. The van der Waals surface area contributed by atoms with Crippen molar-refractivity contribution in [1.82, 2.24) is 9.47 Å². The number of oxazole rings is 1. The first kappa shape index (κ1) is 15.8. The lowest BCUT2D eigenvalue weighted by molar-refractivity contribution is -0.131. The second kappa shape index (κ2) is 6.46. The van der Waals surface area contributed by atoms with Crippen LogP contribution in [0.4, 0.5) is 0 Å². The Hall–Kier alpha value is -2.57. The number of methoxy groups -OCH3 is 1. The van der Waals surface area contributed by atoms with E-state index < -0.39 is 11.7 Å². The van der Waals surface area contributed by atoms with E-state index in [-0.39, 0.29) is 23.6 Å². The fourth-order valence-corrected chi connectivity index (χ4v) is 2.27. The Morgan fingerprint density at radius 1 is 1.27 bits per heavy atom. The Balaban J connectivity index is 2.39. The zero-order valence-corrected chi connectivity index (χ0v) is 12.8. The Kier molecular flexibility index (Phi) is 4.65. The molecule has 0 N–H and O–H groups in total. The molecule has 2 aromatic rings. The molecule has 0 radical (unpaired) electrons. The monoisotopic (exact) mass is 306 g/mol. The fourth-order valence-electron chi connectivity index (χ4n) is 2.27. The Morgan fingerprint density at radius 3 is 2.55 bits per heavy atom. The van der Waals surface area contributed by atoms with Crippen molar-refractivity contribution in [2.75, 3.05) is 20.2 Å². The van der Waals surface area contributed by atoms with Crippen LogP contribution in [0.3, 0.4) is 0 Å². The quantitative estimate of drug-likeness (QED) is 0.776. The molecule has 118 valence electrons. The van der Waals surface area contributed by atoms with Crippen molar-refractivity contribution in [3.05, 3.63) is 34.3 Å². The molecule has 0 aliphatic carbocycles. The molecule has 0 saturated heterocycles. The van der Waals surface area contributed by atoms with Gasteiger partial charge in [0, 0.05) is 13.1 Å². The lowest BCUT2D eigenvalue weighted by Crippen LogP contribution is -2.35. The maximum Gasteiger partial charge on any atom is 0.420 e. The summed E-state index contributed by atoms with van der Waals surface area (Å²) in [5, 5.41) is 0. The van der Waals surface area contributed by atoms with E-state index in [1.165, 1.54) is 23.8 Å². The summed E-state index contributed by atoms with van der Waals surface area (Å²) in [7, 11) is 1.27. The number of fused-ring (bicyclic) bond motifs is 1. The van der Waals surface area contributed by atoms with Crippen LogP contribution in [-0.4, -0.2) is 41.5 Å². The van der Waals surface area contributed by atoms with E-state index in [2.05, 4.69) is 4.74 Å². The van der Waals surface area contributed by atoms with E-state index in [1.807, 2.05) is 13.8 Å². The highest BCUT2D eigenvalue weighted by atomic mass is 16.5. The van der Waals surface area contributed by atoms with Crippen molar-refractivity contribution < 1.29 is 18.7 Å². The number of benzene rings is 1. The molecule has 0 aliphatic heterocycles. The molecule has 0 unspecified atom stereocenters. The SMILES string of the molecule is CCN(CC)C(=O)Cn1c(=O)oc2cc(C(=O)OC)ccc21. The van der Waals surface area contributed by atoms with Gasteiger partial charge in [0.15, 0.2) is 5.58 Å². The van der Waals surface area contributed by atoms with Gasteiger partial charge in [0.25, 0.3) is 0 Å².